The topological polar surface area (TPSA) is 80.1 Å². The molecule has 1 unspecified atom stereocenters. The van der Waals surface area contributed by atoms with E-state index in [2.05, 4.69) is 20.1 Å². The second kappa shape index (κ2) is 10.1. The summed E-state index contributed by atoms with van der Waals surface area (Å²) >= 11 is 0. The van der Waals surface area contributed by atoms with Gasteiger partial charge in [0.05, 0.1) is 0 Å². The van der Waals surface area contributed by atoms with Gasteiger partial charge < -0.3 is 9.88 Å². The zero-order chi connectivity index (χ0) is 24.4. The summed E-state index contributed by atoms with van der Waals surface area (Å²) < 4.78 is 45.6. The van der Waals surface area contributed by atoms with Gasteiger partial charge in [-0.1, -0.05) is 36.4 Å². The van der Waals surface area contributed by atoms with Crippen molar-refractivity contribution in [1.82, 2.24) is 19.1 Å². The second-order valence-corrected chi connectivity index (χ2v) is 11.8. The molecule has 1 aromatic heterocycles. The highest BCUT2D eigenvalue weighted by atomic mass is 32.2. The molecular formula is C26H32FN5O2S. The molecule has 2 fully saturated rings. The van der Waals surface area contributed by atoms with Crippen LogP contribution >= 0.6 is 0 Å². The van der Waals surface area contributed by atoms with E-state index in [0.29, 0.717) is 18.0 Å². The van der Waals surface area contributed by atoms with Gasteiger partial charge in [0.1, 0.15) is 23.7 Å². The molecule has 1 aliphatic heterocycles. The average molecular weight is 498 g/mol. The first kappa shape index (κ1) is 23.9. The summed E-state index contributed by atoms with van der Waals surface area (Å²) in [5.41, 5.74) is 1.93. The molecule has 35 heavy (non-hydrogen) atoms. The van der Waals surface area contributed by atoms with Crippen LogP contribution in [0.15, 0.2) is 61.2 Å². The maximum absolute atomic E-state index is 15.1. The Morgan fingerprint density at radius 3 is 2.37 bits per heavy atom. The van der Waals surface area contributed by atoms with Crippen LogP contribution in [0.2, 0.25) is 0 Å². The van der Waals surface area contributed by atoms with Gasteiger partial charge in [-0.15, -0.1) is 10.2 Å². The largest absolute Gasteiger partial charge is 0.382 e. The van der Waals surface area contributed by atoms with Crippen molar-refractivity contribution in [1.29, 1.82) is 0 Å². The summed E-state index contributed by atoms with van der Waals surface area (Å²) in [7, 11) is -3.60. The fourth-order valence-corrected chi connectivity index (χ4v) is 7.62. The number of benzene rings is 2. The van der Waals surface area contributed by atoms with Gasteiger partial charge in [0, 0.05) is 35.9 Å². The standard InChI is InChI=1S/C26H32FN5O2S/c1-19-7-14-26(20-5-3-2-4-6-20)35(33,34)32(19)16-21-8-9-23(15-25(21)27)30-22-10-12-24(13-11-22)31-17-28-29-18-31/h2-6,8-9,15,17-19,22,24,26,30H,7,10-14,16H2,1H3/t19-,22?,24?,26?/m0/s1. The van der Waals surface area contributed by atoms with Gasteiger partial charge in [-0.05, 0) is 63.1 Å². The van der Waals surface area contributed by atoms with Crippen LogP contribution in [0.4, 0.5) is 10.1 Å². The summed E-state index contributed by atoms with van der Waals surface area (Å²) in [6.07, 6.45) is 8.85. The predicted molar refractivity (Wildman–Crippen MR) is 134 cm³/mol. The van der Waals surface area contributed by atoms with Crippen molar-refractivity contribution in [2.45, 2.75) is 75.4 Å². The Morgan fingerprint density at radius 1 is 0.971 bits per heavy atom. The maximum atomic E-state index is 15.1. The number of hydrogen-bond donors (Lipinski definition) is 1. The van der Waals surface area contributed by atoms with Crippen LogP contribution in [-0.4, -0.2) is 39.6 Å². The Morgan fingerprint density at radius 2 is 1.69 bits per heavy atom. The quantitative estimate of drug-likeness (QED) is 0.514. The molecule has 0 radical (unpaired) electrons. The minimum atomic E-state index is -3.60. The first-order chi connectivity index (χ1) is 16.9. The highest BCUT2D eigenvalue weighted by Crippen LogP contribution is 2.38. The monoisotopic (exact) mass is 497 g/mol. The number of rotatable bonds is 6. The fourth-order valence-electron chi connectivity index (χ4n) is 5.44. The third-order valence-corrected chi connectivity index (χ3v) is 9.87. The summed E-state index contributed by atoms with van der Waals surface area (Å²) in [6, 6.07) is 14.9. The zero-order valence-electron chi connectivity index (χ0n) is 19.9. The smallest absolute Gasteiger partial charge is 0.221 e. The van der Waals surface area contributed by atoms with Crippen LogP contribution in [0.25, 0.3) is 0 Å². The molecule has 2 heterocycles. The Bertz CT molecular complexity index is 1230. The lowest BCUT2D eigenvalue weighted by atomic mass is 9.91. The van der Waals surface area contributed by atoms with Crippen molar-refractivity contribution >= 4 is 15.7 Å². The zero-order valence-corrected chi connectivity index (χ0v) is 20.7. The molecule has 5 rings (SSSR count). The lowest BCUT2D eigenvalue weighted by molar-refractivity contribution is 0.279. The normalized spacial score (nSPS) is 26.9. The molecule has 1 aliphatic carbocycles. The van der Waals surface area contributed by atoms with Crippen molar-refractivity contribution in [3.05, 3.63) is 78.1 Å². The molecule has 186 valence electrons. The molecule has 0 bridgehead atoms. The highest BCUT2D eigenvalue weighted by Gasteiger charge is 2.40. The SMILES string of the molecule is C[C@H]1CCC(c2ccccc2)S(=O)(=O)N1Cc1ccc(NC2CCC(n3cnnc3)CC2)cc1F. The minimum Gasteiger partial charge on any atom is -0.382 e. The van der Waals surface area contributed by atoms with Crippen molar-refractivity contribution in [3.63, 3.8) is 0 Å². The number of nitrogens with zero attached hydrogens (tertiary/aromatic N) is 4. The van der Waals surface area contributed by atoms with E-state index in [4.69, 9.17) is 0 Å². The van der Waals surface area contributed by atoms with Crippen LogP contribution in [-0.2, 0) is 16.6 Å². The summed E-state index contributed by atoms with van der Waals surface area (Å²) in [4.78, 5) is 0. The van der Waals surface area contributed by atoms with E-state index in [0.717, 1.165) is 43.4 Å². The van der Waals surface area contributed by atoms with Crippen molar-refractivity contribution in [3.8, 4) is 0 Å². The summed E-state index contributed by atoms with van der Waals surface area (Å²) in [5.74, 6) is -0.377. The minimum absolute atomic E-state index is 0.0446. The first-order valence-electron chi connectivity index (χ1n) is 12.4. The van der Waals surface area contributed by atoms with Gasteiger partial charge in [-0.2, -0.15) is 4.31 Å². The highest BCUT2D eigenvalue weighted by molar-refractivity contribution is 7.89. The van der Waals surface area contributed by atoms with Crippen molar-refractivity contribution < 1.29 is 12.8 Å². The molecular weight excluding hydrogens is 465 g/mol. The van der Waals surface area contributed by atoms with Gasteiger partial charge in [0.2, 0.25) is 10.0 Å². The molecule has 1 saturated heterocycles. The van der Waals surface area contributed by atoms with E-state index in [1.165, 1.54) is 10.4 Å². The second-order valence-electron chi connectivity index (χ2n) is 9.78. The molecule has 7 nitrogen and oxygen atoms in total. The third-order valence-electron chi connectivity index (χ3n) is 7.50. The molecule has 0 spiro atoms. The van der Waals surface area contributed by atoms with Gasteiger partial charge in [-0.25, -0.2) is 12.8 Å². The summed E-state index contributed by atoms with van der Waals surface area (Å²) in [6.45, 7) is 1.95. The molecule has 2 aliphatic rings. The van der Waals surface area contributed by atoms with Crippen LogP contribution in [0.5, 0.6) is 0 Å². The van der Waals surface area contributed by atoms with Gasteiger partial charge >= 0.3 is 0 Å². The predicted octanol–water partition coefficient (Wildman–Crippen LogP) is 5.07. The van der Waals surface area contributed by atoms with E-state index in [1.54, 1.807) is 18.7 Å². The number of halogens is 1. The Hall–Kier alpha value is -2.78. The van der Waals surface area contributed by atoms with Crippen LogP contribution in [0.3, 0.4) is 0 Å². The molecule has 1 saturated carbocycles. The number of sulfonamides is 1. The van der Waals surface area contributed by atoms with Gasteiger partial charge in [0.25, 0.3) is 0 Å². The average Bonchev–Trinajstić information content (AvgIpc) is 3.39. The molecule has 3 aromatic rings. The van der Waals surface area contributed by atoms with E-state index >= 15 is 4.39 Å². The van der Waals surface area contributed by atoms with Crippen LogP contribution in [0, 0.1) is 5.82 Å². The fraction of sp³-hybridized carbons (Fsp3) is 0.462. The van der Waals surface area contributed by atoms with E-state index in [1.807, 2.05) is 43.3 Å². The molecule has 2 atom stereocenters. The Labute approximate surface area is 206 Å². The third kappa shape index (κ3) is 5.11. The van der Waals surface area contributed by atoms with E-state index in [-0.39, 0.29) is 24.4 Å². The van der Waals surface area contributed by atoms with Gasteiger partial charge in [0.15, 0.2) is 0 Å². The lowest BCUT2D eigenvalue weighted by Gasteiger charge is -2.37. The number of nitrogens with one attached hydrogen (secondary N) is 1. The lowest BCUT2D eigenvalue weighted by Crippen LogP contribution is -2.44. The van der Waals surface area contributed by atoms with E-state index < -0.39 is 15.3 Å². The van der Waals surface area contributed by atoms with E-state index in [9.17, 15) is 8.42 Å². The van der Waals surface area contributed by atoms with Gasteiger partial charge in [-0.3, -0.25) is 0 Å². The molecule has 0 amide bonds. The number of anilines is 1. The molecule has 2 aromatic carbocycles. The maximum Gasteiger partial charge on any atom is 0.221 e. The van der Waals surface area contributed by atoms with Crippen molar-refractivity contribution in [2.24, 2.45) is 0 Å². The van der Waals surface area contributed by atoms with Crippen molar-refractivity contribution in [2.75, 3.05) is 5.32 Å². The van der Waals surface area contributed by atoms with Crippen LogP contribution < -0.4 is 5.32 Å². The number of hydrogen-bond acceptors (Lipinski definition) is 5. The Kier molecular flexibility index (Phi) is 6.88. The molecule has 9 heteroatoms. The van der Waals surface area contributed by atoms with Crippen LogP contribution in [0.1, 0.15) is 67.9 Å². The Balaban J connectivity index is 1.25. The molecule has 1 N–H and O–H groups in total. The number of aromatic nitrogens is 3. The summed E-state index contributed by atoms with van der Waals surface area (Å²) in [5, 5.41) is 10.7. The first-order valence-corrected chi connectivity index (χ1v) is 13.9.